The second-order valence-corrected chi connectivity index (χ2v) is 3.11. The summed E-state index contributed by atoms with van der Waals surface area (Å²) >= 11 is 0. The molecule has 0 atom stereocenters. The van der Waals surface area contributed by atoms with E-state index in [0.29, 0.717) is 11.3 Å². The summed E-state index contributed by atoms with van der Waals surface area (Å²) in [5, 5.41) is 0.964. The van der Waals surface area contributed by atoms with Crippen molar-refractivity contribution in [3.63, 3.8) is 0 Å². The zero-order valence-corrected chi connectivity index (χ0v) is 8.30. The lowest BCUT2D eigenvalue weighted by Crippen LogP contribution is -2.06. The van der Waals surface area contributed by atoms with E-state index in [4.69, 9.17) is 0 Å². The molecule has 15 heavy (non-hydrogen) atoms. The second kappa shape index (κ2) is 4.04. The van der Waals surface area contributed by atoms with Crippen LogP contribution < -0.4 is 0 Å². The third-order valence-corrected chi connectivity index (χ3v) is 2.07. The average molecular weight is 202 g/mol. The Balaban J connectivity index is 2.34. The highest BCUT2D eigenvalue weighted by molar-refractivity contribution is 5.76. The zero-order valence-electron chi connectivity index (χ0n) is 8.30. The molecule has 0 aromatic carbocycles. The van der Waals surface area contributed by atoms with Crippen LogP contribution in [0.1, 0.15) is 5.69 Å². The number of nitrogens with zero attached hydrogens (tertiary/aromatic N) is 2. The van der Waals surface area contributed by atoms with Crippen molar-refractivity contribution in [2.45, 2.75) is 6.42 Å². The number of esters is 1. The molecule has 0 fully saturated rings. The van der Waals surface area contributed by atoms with E-state index in [1.807, 2.05) is 18.2 Å². The molecule has 0 aliphatic carbocycles. The molecule has 2 aromatic heterocycles. The number of methoxy groups -OCH3 is 1. The lowest BCUT2D eigenvalue weighted by atomic mass is 10.2. The van der Waals surface area contributed by atoms with Crippen molar-refractivity contribution in [3.05, 3.63) is 36.2 Å². The third-order valence-electron chi connectivity index (χ3n) is 2.07. The van der Waals surface area contributed by atoms with E-state index in [2.05, 4.69) is 14.7 Å². The van der Waals surface area contributed by atoms with E-state index in [0.717, 1.165) is 5.39 Å². The van der Waals surface area contributed by atoms with E-state index in [1.165, 1.54) is 7.11 Å². The number of aromatic nitrogens is 2. The Hall–Kier alpha value is -1.97. The predicted molar refractivity (Wildman–Crippen MR) is 55.3 cm³/mol. The summed E-state index contributed by atoms with van der Waals surface area (Å²) in [4.78, 5) is 19.4. The number of ether oxygens (including phenoxy) is 1. The van der Waals surface area contributed by atoms with Crippen LogP contribution in [-0.2, 0) is 16.0 Å². The van der Waals surface area contributed by atoms with Crippen LogP contribution in [0.3, 0.4) is 0 Å². The van der Waals surface area contributed by atoms with Crippen molar-refractivity contribution in [2.24, 2.45) is 0 Å². The Labute approximate surface area is 86.9 Å². The van der Waals surface area contributed by atoms with Crippen molar-refractivity contribution in [1.82, 2.24) is 9.97 Å². The van der Waals surface area contributed by atoms with Gasteiger partial charge in [-0.1, -0.05) is 0 Å². The molecule has 2 aromatic rings. The quantitative estimate of drug-likeness (QED) is 0.690. The first-order valence-electron chi connectivity index (χ1n) is 4.57. The number of fused-ring (bicyclic) bond motifs is 1. The van der Waals surface area contributed by atoms with Crippen molar-refractivity contribution in [3.8, 4) is 0 Å². The summed E-state index contributed by atoms with van der Waals surface area (Å²) < 4.78 is 4.57. The molecule has 0 N–H and O–H groups in total. The van der Waals surface area contributed by atoms with Crippen LogP contribution in [0, 0.1) is 0 Å². The van der Waals surface area contributed by atoms with Crippen LogP contribution >= 0.6 is 0 Å². The minimum Gasteiger partial charge on any atom is -0.469 e. The van der Waals surface area contributed by atoms with Crippen molar-refractivity contribution in [1.29, 1.82) is 0 Å². The molecule has 0 aliphatic rings. The summed E-state index contributed by atoms with van der Waals surface area (Å²) in [7, 11) is 1.36. The minimum absolute atomic E-state index is 0.184. The molecular weight excluding hydrogens is 192 g/mol. The lowest BCUT2D eigenvalue weighted by Gasteiger charge is -2.00. The van der Waals surface area contributed by atoms with Gasteiger partial charge in [-0.2, -0.15) is 0 Å². The SMILES string of the molecule is COC(=O)Cc1ccc2cccnc2n1. The number of hydrogen-bond donors (Lipinski definition) is 0. The molecule has 76 valence electrons. The first-order valence-corrected chi connectivity index (χ1v) is 4.57. The van der Waals surface area contributed by atoms with Crippen LogP contribution in [0.15, 0.2) is 30.5 Å². The normalized spacial score (nSPS) is 10.2. The van der Waals surface area contributed by atoms with Crippen molar-refractivity contribution in [2.75, 3.05) is 7.11 Å². The van der Waals surface area contributed by atoms with Gasteiger partial charge in [-0.15, -0.1) is 0 Å². The van der Waals surface area contributed by atoms with Crippen LogP contribution in [0.4, 0.5) is 0 Å². The maximum Gasteiger partial charge on any atom is 0.311 e. The summed E-state index contributed by atoms with van der Waals surface area (Å²) in [5.74, 6) is -0.294. The first-order chi connectivity index (χ1) is 7.29. The molecular formula is C11H10N2O2. The van der Waals surface area contributed by atoms with Crippen molar-refractivity contribution >= 4 is 17.0 Å². The van der Waals surface area contributed by atoms with Gasteiger partial charge in [0.25, 0.3) is 0 Å². The van der Waals surface area contributed by atoms with Crippen LogP contribution in [-0.4, -0.2) is 23.0 Å². The molecule has 0 unspecified atom stereocenters. The fraction of sp³-hybridized carbons (Fsp3) is 0.182. The first kappa shape index (κ1) is 9.58. The molecule has 4 nitrogen and oxygen atoms in total. The topological polar surface area (TPSA) is 52.1 Å². The van der Waals surface area contributed by atoms with Gasteiger partial charge < -0.3 is 4.74 Å². The van der Waals surface area contributed by atoms with E-state index >= 15 is 0 Å². The predicted octanol–water partition coefficient (Wildman–Crippen LogP) is 1.35. The Morgan fingerprint density at radius 2 is 2.27 bits per heavy atom. The van der Waals surface area contributed by atoms with Crippen molar-refractivity contribution < 1.29 is 9.53 Å². The number of hydrogen-bond acceptors (Lipinski definition) is 4. The zero-order chi connectivity index (χ0) is 10.7. The molecule has 0 saturated heterocycles. The van der Waals surface area contributed by atoms with Gasteiger partial charge in [0.2, 0.25) is 0 Å². The standard InChI is InChI=1S/C11H10N2O2/c1-15-10(14)7-9-5-4-8-3-2-6-12-11(8)13-9/h2-6H,7H2,1H3. The highest BCUT2D eigenvalue weighted by Gasteiger charge is 2.04. The largest absolute Gasteiger partial charge is 0.469 e. The average Bonchev–Trinajstić information content (AvgIpc) is 2.29. The molecule has 2 heterocycles. The smallest absolute Gasteiger partial charge is 0.311 e. The van der Waals surface area contributed by atoms with E-state index in [9.17, 15) is 4.79 Å². The molecule has 0 saturated carbocycles. The fourth-order valence-electron chi connectivity index (χ4n) is 1.31. The highest BCUT2D eigenvalue weighted by Crippen LogP contribution is 2.09. The van der Waals surface area contributed by atoms with Gasteiger partial charge in [-0.3, -0.25) is 4.79 Å². The highest BCUT2D eigenvalue weighted by atomic mass is 16.5. The van der Waals surface area contributed by atoms with Gasteiger partial charge >= 0.3 is 5.97 Å². The third kappa shape index (κ3) is 2.10. The molecule has 2 rings (SSSR count). The van der Waals surface area contributed by atoms with Crippen LogP contribution in [0.5, 0.6) is 0 Å². The Bertz CT molecular complexity index is 497. The van der Waals surface area contributed by atoms with E-state index in [1.54, 1.807) is 12.3 Å². The van der Waals surface area contributed by atoms with Gasteiger partial charge in [0, 0.05) is 11.6 Å². The number of pyridine rings is 2. The maximum absolute atomic E-state index is 11.0. The molecule has 0 spiro atoms. The minimum atomic E-state index is -0.294. The molecule has 0 bridgehead atoms. The summed E-state index contributed by atoms with van der Waals surface area (Å²) in [6.45, 7) is 0. The van der Waals surface area contributed by atoms with Gasteiger partial charge in [-0.05, 0) is 24.3 Å². The van der Waals surface area contributed by atoms with Crippen LogP contribution in [0.25, 0.3) is 11.0 Å². The Morgan fingerprint density at radius 1 is 1.40 bits per heavy atom. The number of rotatable bonds is 2. The second-order valence-electron chi connectivity index (χ2n) is 3.11. The number of carbonyl (C=O) groups excluding carboxylic acids is 1. The fourth-order valence-corrected chi connectivity index (χ4v) is 1.31. The van der Waals surface area contributed by atoms with Gasteiger partial charge in [0.05, 0.1) is 19.2 Å². The maximum atomic E-state index is 11.0. The summed E-state index contributed by atoms with van der Waals surface area (Å²) in [6, 6.07) is 7.48. The Kier molecular flexibility index (Phi) is 2.58. The molecule has 0 aliphatic heterocycles. The van der Waals surface area contributed by atoms with E-state index < -0.39 is 0 Å². The summed E-state index contributed by atoms with van der Waals surface area (Å²) in [5.41, 5.74) is 1.33. The monoisotopic (exact) mass is 202 g/mol. The lowest BCUT2D eigenvalue weighted by molar-refractivity contribution is -0.139. The van der Waals surface area contributed by atoms with Gasteiger partial charge in [-0.25, -0.2) is 9.97 Å². The Morgan fingerprint density at radius 3 is 3.07 bits per heavy atom. The van der Waals surface area contributed by atoms with Crippen LogP contribution in [0.2, 0.25) is 0 Å². The molecule has 0 amide bonds. The molecule has 4 heteroatoms. The molecule has 0 radical (unpaired) electrons. The summed E-state index contributed by atoms with van der Waals surface area (Å²) in [6.07, 6.45) is 1.86. The van der Waals surface area contributed by atoms with Gasteiger partial charge in [0.1, 0.15) is 0 Å². The van der Waals surface area contributed by atoms with Gasteiger partial charge in [0.15, 0.2) is 5.65 Å². The number of carbonyl (C=O) groups is 1. The van der Waals surface area contributed by atoms with E-state index in [-0.39, 0.29) is 12.4 Å².